The molecule has 0 aliphatic carbocycles. The fourth-order valence-electron chi connectivity index (χ4n) is 2.04. The second kappa shape index (κ2) is 4.93. The number of benzene rings is 1. The molecule has 2 nitrogen and oxygen atoms in total. The molecule has 0 unspecified atom stereocenters. The minimum Gasteiger partial charge on any atom is -0.496 e. The number of methoxy groups -OCH3 is 1. The molecule has 1 aromatic rings. The largest absolute Gasteiger partial charge is 0.496 e. The molecule has 0 saturated heterocycles. The predicted octanol–water partition coefficient (Wildman–Crippen LogP) is 3.78. The first kappa shape index (κ1) is 15.0. The number of hydrogen-bond donors (Lipinski definition) is 1. The SMILES string of the molecule is COc1c(CO)cc(C(C)(C)C)cc1C(C)(C)C. The summed E-state index contributed by atoms with van der Waals surface area (Å²) >= 11 is 0. The molecule has 0 bridgehead atoms. The Balaban J connectivity index is 3.57. The van der Waals surface area contributed by atoms with E-state index in [1.54, 1.807) is 7.11 Å². The fraction of sp³-hybridized carbons (Fsp3) is 0.625. The van der Waals surface area contributed by atoms with Gasteiger partial charge in [0.25, 0.3) is 0 Å². The van der Waals surface area contributed by atoms with Gasteiger partial charge in [0.2, 0.25) is 0 Å². The van der Waals surface area contributed by atoms with Crippen molar-refractivity contribution in [1.29, 1.82) is 0 Å². The van der Waals surface area contributed by atoms with Crippen LogP contribution >= 0.6 is 0 Å². The third-order valence-electron chi connectivity index (χ3n) is 3.21. The summed E-state index contributed by atoms with van der Waals surface area (Å²) in [6.45, 7) is 13.1. The summed E-state index contributed by atoms with van der Waals surface area (Å²) in [6.07, 6.45) is 0. The first-order valence-electron chi connectivity index (χ1n) is 6.44. The lowest BCUT2D eigenvalue weighted by Crippen LogP contribution is -2.18. The highest BCUT2D eigenvalue weighted by atomic mass is 16.5. The lowest BCUT2D eigenvalue weighted by molar-refractivity contribution is 0.272. The Labute approximate surface area is 111 Å². The lowest BCUT2D eigenvalue weighted by Gasteiger charge is -2.28. The van der Waals surface area contributed by atoms with Crippen molar-refractivity contribution >= 4 is 0 Å². The van der Waals surface area contributed by atoms with Crippen LogP contribution in [0.15, 0.2) is 12.1 Å². The van der Waals surface area contributed by atoms with Crippen LogP contribution in [0.3, 0.4) is 0 Å². The van der Waals surface area contributed by atoms with Crippen molar-refractivity contribution in [2.75, 3.05) is 7.11 Å². The van der Waals surface area contributed by atoms with E-state index in [-0.39, 0.29) is 17.4 Å². The minimum atomic E-state index is -0.00345. The number of ether oxygens (including phenoxy) is 1. The summed E-state index contributed by atoms with van der Waals surface area (Å²) in [4.78, 5) is 0. The first-order chi connectivity index (χ1) is 8.11. The minimum absolute atomic E-state index is 0.00345. The van der Waals surface area contributed by atoms with E-state index in [1.165, 1.54) is 5.56 Å². The van der Waals surface area contributed by atoms with E-state index in [1.807, 2.05) is 6.07 Å². The Kier molecular flexibility index (Phi) is 4.12. The molecule has 0 aromatic heterocycles. The van der Waals surface area contributed by atoms with Gasteiger partial charge in [0.1, 0.15) is 5.75 Å². The molecule has 0 heterocycles. The molecule has 0 spiro atoms. The second-order valence-corrected chi connectivity index (χ2v) is 6.87. The summed E-state index contributed by atoms with van der Waals surface area (Å²) in [5, 5.41) is 9.55. The molecule has 0 fully saturated rings. The van der Waals surface area contributed by atoms with Gasteiger partial charge in [-0.1, -0.05) is 47.6 Å². The topological polar surface area (TPSA) is 29.5 Å². The zero-order valence-corrected chi connectivity index (χ0v) is 12.7. The maximum atomic E-state index is 9.55. The maximum Gasteiger partial charge on any atom is 0.128 e. The van der Waals surface area contributed by atoms with Crippen molar-refractivity contribution in [3.05, 3.63) is 28.8 Å². The van der Waals surface area contributed by atoms with E-state index in [2.05, 4.69) is 47.6 Å². The molecule has 0 atom stereocenters. The summed E-state index contributed by atoms with van der Waals surface area (Å²) in [7, 11) is 1.67. The molecule has 0 amide bonds. The molecule has 18 heavy (non-hydrogen) atoms. The Morgan fingerprint density at radius 3 is 1.89 bits per heavy atom. The molecule has 0 saturated carbocycles. The monoisotopic (exact) mass is 250 g/mol. The normalized spacial score (nSPS) is 12.7. The van der Waals surface area contributed by atoms with Crippen molar-refractivity contribution in [3.8, 4) is 5.75 Å². The van der Waals surface area contributed by atoms with Crippen LogP contribution in [0.1, 0.15) is 58.2 Å². The number of aliphatic hydroxyl groups is 1. The number of rotatable bonds is 2. The Hall–Kier alpha value is -1.02. The molecule has 1 aromatic carbocycles. The molecule has 0 radical (unpaired) electrons. The quantitative estimate of drug-likeness (QED) is 0.865. The van der Waals surface area contributed by atoms with Gasteiger partial charge >= 0.3 is 0 Å². The smallest absolute Gasteiger partial charge is 0.128 e. The Morgan fingerprint density at radius 2 is 1.56 bits per heavy atom. The molecule has 2 heteroatoms. The molecular formula is C16H26O2. The van der Waals surface area contributed by atoms with Crippen LogP contribution in [0, 0.1) is 0 Å². The summed E-state index contributed by atoms with van der Waals surface area (Å²) in [5.41, 5.74) is 3.32. The fourth-order valence-corrected chi connectivity index (χ4v) is 2.04. The van der Waals surface area contributed by atoms with Crippen LogP contribution in [0.4, 0.5) is 0 Å². The van der Waals surface area contributed by atoms with Crippen molar-refractivity contribution in [2.24, 2.45) is 0 Å². The average molecular weight is 250 g/mol. The van der Waals surface area contributed by atoms with Gasteiger partial charge in [-0.25, -0.2) is 0 Å². The van der Waals surface area contributed by atoms with Gasteiger partial charge < -0.3 is 9.84 Å². The molecule has 0 aliphatic heterocycles. The maximum absolute atomic E-state index is 9.55. The van der Waals surface area contributed by atoms with Gasteiger partial charge in [-0.2, -0.15) is 0 Å². The number of aliphatic hydroxyl groups excluding tert-OH is 1. The Morgan fingerprint density at radius 1 is 1.00 bits per heavy atom. The predicted molar refractivity (Wildman–Crippen MR) is 76.3 cm³/mol. The summed E-state index contributed by atoms with van der Waals surface area (Å²) in [5.74, 6) is 0.818. The van der Waals surface area contributed by atoms with Crippen LogP contribution in [-0.2, 0) is 17.4 Å². The molecule has 1 N–H and O–H groups in total. The van der Waals surface area contributed by atoms with E-state index in [9.17, 15) is 5.11 Å². The van der Waals surface area contributed by atoms with Gasteiger partial charge in [0.15, 0.2) is 0 Å². The van der Waals surface area contributed by atoms with Crippen LogP contribution < -0.4 is 4.74 Å². The van der Waals surface area contributed by atoms with Gasteiger partial charge in [-0.15, -0.1) is 0 Å². The van der Waals surface area contributed by atoms with Crippen molar-refractivity contribution in [3.63, 3.8) is 0 Å². The van der Waals surface area contributed by atoms with E-state index in [0.717, 1.165) is 16.9 Å². The van der Waals surface area contributed by atoms with Gasteiger partial charge in [0, 0.05) is 11.1 Å². The summed E-state index contributed by atoms with van der Waals surface area (Å²) < 4.78 is 5.50. The van der Waals surface area contributed by atoms with Crippen molar-refractivity contribution < 1.29 is 9.84 Å². The number of hydrogen-bond acceptors (Lipinski definition) is 2. The second-order valence-electron chi connectivity index (χ2n) is 6.87. The van der Waals surface area contributed by atoms with Gasteiger partial charge in [-0.05, 0) is 22.5 Å². The molecule has 0 aliphatic rings. The van der Waals surface area contributed by atoms with Gasteiger partial charge in [0.05, 0.1) is 13.7 Å². The highest BCUT2D eigenvalue weighted by Crippen LogP contribution is 2.38. The third kappa shape index (κ3) is 3.05. The van der Waals surface area contributed by atoms with E-state index in [0.29, 0.717) is 0 Å². The third-order valence-corrected chi connectivity index (χ3v) is 3.21. The van der Waals surface area contributed by atoms with Gasteiger partial charge in [-0.3, -0.25) is 0 Å². The van der Waals surface area contributed by atoms with E-state index in [4.69, 9.17) is 4.74 Å². The molecular weight excluding hydrogens is 224 g/mol. The molecule has 1 rings (SSSR count). The molecule has 102 valence electrons. The first-order valence-corrected chi connectivity index (χ1v) is 6.44. The zero-order chi connectivity index (χ0) is 14.1. The Bertz CT molecular complexity index is 420. The lowest BCUT2D eigenvalue weighted by atomic mass is 9.79. The van der Waals surface area contributed by atoms with Crippen molar-refractivity contribution in [1.82, 2.24) is 0 Å². The van der Waals surface area contributed by atoms with Crippen LogP contribution in [0.25, 0.3) is 0 Å². The zero-order valence-electron chi connectivity index (χ0n) is 12.7. The standard InChI is InChI=1S/C16H26O2/c1-15(2,3)12-8-11(10-17)14(18-7)13(9-12)16(4,5)6/h8-9,17H,10H2,1-7H3. The summed E-state index contributed by atoms with van der Waals surface area (Å²) in [6, 6.07) is 4.26. The van der Waals surface area contributed by atoms with Crippen LogP contribution in [-0.4, -0.2) is 12.2 Å². The highest BCUT2D eigenvalue weighted by molar-refractivity contribution is 5.49. The van der Waals surface area contributed by atoms with Crippen LogP contribution in [0.2, 0.25) is 0 Å². The highest BCUT2D eigenvalue weighted by Gasteiger charge is 2.25. The van der Waals surface area contributed by atoms with Crippen molar-refractivity contribution in [2.45, 2.75) is 59.0 Å². The van der Waals surface area contributed by atoms with E-state index < -0.39 is 0 Å². The average Bonchev–Trinajstić information content (AvgIpc) is 2.24. The van der Waals surface area contributed by atoms with E-state index >= 15 is 0 Å². The van der Waals surface area contributed by atoms with Crippen LogP contribution in [0.5, 0.6) is 5.75 Å².